The Balaban J connectivity index is 1.60. The summed E-state index contributed by atoms with van der Waals surface area (Å²) < 4.78 is 17.6. The molecule has 0 saturated carbocycles. The van der Waals surface area contributed by atoms with Gasteiger partial charge in [-0.2, -0.15) is 0 Å². The number of hydrogen-bond acceptors (Lipinski definition) is 5. The highest BCUT2D eigenvalue weighted by molar-refractivity contribution is 7.13. The highest BCUT2D eigenvalue weighted by Gasteiger charge is 2.12. The van der Waals surface area contributed by atoms with Crippen molar-refractivity contribution in [2.75, 3.05) is 19.7 Å². The molecule has 0 bridgehead atoms. The molecule has 26 heavy (non-hydrogen) atoms. The number of ether oxygens (including phenoxy) is 1. The first-order valence-electron chi connectivity index (χ1n) is 7.95. The van der Waals surface area contributed by atoms with Crippen LogP contribution in [0.5, 0.6) is 0 Å². The molecule has 0 atom stereocenters. The van der Waals surface area contributed by atoms with Crippen LogP contribution in [0.25, 0.3) is 0 Å². The van der Waals surface area contributed by atoms with E-state index >= 15 is 0 Å². The van der Waals surface area contributed by atoms with E-state index in [1.807, 2.05) is 13.0 Å². The molecule has 0 aliphatic rings. The Morgan fingerprint density at radius 1 is 1.08 bits per heavy atom. The van der Waals surface area contributed by atoms with Crippen LogP contribution in [0.1, 0.15) is 20.1 Å². The zero-order chi connectivity index (χ0) is 18.9. The number of carbonyl (C=O) groups is 3. The number of hydrogen-bond donors (Lipinski definition) is 2. The standard InChI is InChI=1S/C18H19FN2O4S/c1-12-2-7-15(26-12)18(24)21-10-17(23)25-11-16(22)20-9-8-13-3-5-14(19)6-4-13/h2-7H,8-11H2,1H3,(H,20,22)(H,21,24). The first-order valence-corrected chi connectivity index (χ1v) is 8.77. The summed E-state index contributed by atoms with van der Waals surface area (Å²) in [6.07, 6.45) is 0.538. The van der Waals surface area contributed by atoms with Gasteiger partial charge >= 0.3 is 5.97 Å². The Labute approximate surface area is 154 Å². The molecule has 0 aliphatic carbocycles. The molecule has 6 nitrogen and oxygen atoms in total. The molecule has 0 fully saturated rings. The van der Waals surface area contributed by atoms with Crippen LogP contribution in [0.2, 0.25) is 0 Å². The van der Waals surface area contributed by atoms with Gasteiger partial charge in [0, 0.05) is 11.4 Å². The third kappa shape index (κ3) is 6.64. The first-order chi connectivity index (χ1) is 12.4. The third-order valence-electron chi connectivity index (χ3n) is 3.37. The molecule has 0 radical (unpaired) electrons. The van der Waals surface area contributed by atoms with Crippen molar-refractivity contribution in [3.8, 4) is 0 Å². The average Bonchev–Trinajstić information content (AvgIpc) is 3.06. The lowest BCUT2D eigenvalue weighted by molar-refractivity contribution is -0.147. The Bertz CT molecular complexity index is 774. The van der Waals surface area contributed by atoms with Crippen LogP contribution in [-0.2, 0) is 20.7 Å². The zero-order valence-corrected chi connectivity index (χ0v) is 15.0. The number of halogens is 1. The van der Waals surface area contributed by atoms with Gasteiger partial charge in [0.25, 0.3) is 11.8 Å². The summed E-state index contributed by atoms with van der Waals surface area (Å²) in [6.45, 7) is 1.50. The lowest BCUT2D eigenvalue weighted by atomic mass is 10.1. The number of esters is 1. The van der Waals surface area contributed by atoms with Crippen LogP contribution in [0.15, 0.2) is 36.4 Å². The molecular weight excluding hydrogens is 359 g/mol. The fraction of sp³-hybridized carbons (Fsp3) is 0.278. The number of rotatable bonds is 8. The van der Waals surface area contributed by atoms with Crippen molar-refractivity contribution in [1.29, 1.82) is 0 Å². The van der Waals surface area contributed by atoms with Crippen molar-refractivity contribution in [3.05, 3.63) is 57.5 Å². The molecular formula is C18H19FN2O4S. The highest BCUT2D eigenvalue weighted by atomic mass is 32.1. The normalized spacial score (nSPS) is 10.2. The van der Waals surface area contributed by atoms with Crippen molar-refractivity contribution in [2.24, 2.45) is 0 Å². The van der Waals surface area contributed by atoms with Gasteiger partial charge in [-0.3, -0.25) is 14.4 Å². The van der Waals surface area contributed by atoms with Crippen molar-refractivity contribution in [3.63, 3.8) is 0 Å². The summed E-state index contributed by atoms with van der Waals surface area (Å²) in [6, 6.07) is 9.47. The minimum absolute atomic E-state index is 0.307. The van der Waals surface area contributed by atoms with Gasteiger partial charge in [0.1, 0.15) is 12.4 Å². The van der Waals surface area contributed by atoms with Crippen LogP contribution in [0, 0.1) is 12.7 Å². The fourth-order valence-corrected chi connectivity index (χ4v) is 2.83. The van der Waals surface area contributed by atoms with Crippen molar-refractivity contribution >= 4 is 29.1 Å². The highest BCUT2D eigenvalue weighted by Crippen LogP contribution is 2.14. The maximum atomic E-state index is 12.8. The van der Waals surface area contributed by atoms with Gasteiger partial charge in [-0.25, -0.2) is 4.39 Å². The second kappa shape index (κ2) is 9.67. The molecule has 0 spiro atoms. The summed E-state index contributed by atoms with van der Waals surface area (Å²) >= 11 is 1.32. The summed E-state index contributed by atoms with van der Waals surface area (Å²) in [5, 5.41) is 5.04. The number of amides is 2. The second-order valence-electron chi connectivity index (χ2n) is 5.48. The Hall–Kier alpha value is -2.74. The van der Waals surface area contributed by atoms with E-state index in [1.165, 1.54) is 23.5 Å². The van der Waals surface area contributed by atoms with Crippen LogP contribution in [0.4, 0.5) is 4.39 Å². The van der Waals surface area contributed by atoms with Gasteiger partial charge in [-0.15, -0.1) is 11.3 Å². The molecule has 2 aromatic rings. The molecule has 1 heterocycles. The SMILES string of the molecule is Cc1ccc(C(=O)NCC(=O)OCC(=O)NCCc2ccc(F)cc2)s1. The van der Waals surface area contributed by atoms with E-state index in [4.69, 9.17) is 4.74 Å². The lowest BCUT2D eigenvalue weighted by Crippen LogP contribution is -2.34. The molecule has 2 rings (SSSR count). The molecule has 0 saturated heterocycles. The maximum Gasteiger partial charge on any atom is 0.325 e. The summed E-state index contributed by atoms with van der Waals surface area (Å²) in [5.74, 6) is -1.81. The van der Waals surface area contributed by atoms with Gasteiger partial charge < -0.3 is 15.4 Å². The Morgan fingerprint density at radius 2 is 1.81 bits per heavy atom. The van der Waals surface area contributed by atoms with E-state index < -0.39 is 18.5 Å². The van der Waals surface area contributed by atoms with Gasteiger partial charge in [-0.1, -0.05) is 12.1 Å². The topological polar surface area (TPSA) is 84.5 Å². The predicted octanol–water partition coefficient (Wildman–Crippen LogP) is 1.83. The number of benzene rings is 1. The van der Waals surface area contributed by atoms with Gasteiger partial charge in [0.05, 0.1) is 4.88 Å². The average molecular weight is 378 g/mol. The van der Waals surface area contributed by atoms with Crippen molar-refractivity contribution < 1.29 is 23.5 Å². The minimum Gasteiger partial charge on any atom is -0.454 e. The summed E-state index contributed by atoms with van der Waals surface area (Å²) in [4.78, 5) is 36.5. The zero-order valence-electron chi connectivity index (χ0n) is 14.2. The number of thiophene rings is 1. The quantitative estimate of drug-likeness (QED) is 0.687. The Kier molecular flexibility index (Phi) is 7.28. The van der Waals surface area contributed by atoms with E-state index in [2.05, 4.69) is 10.6 Å². The molecule has 1 aromatic carbocycles. The minimum atomic E-state index is -0.694. The van der Waals surface area contributed by atoms with E-state index in [-0.39, 0.29) is 18.3 Å². The van der Waals surface area contributed by atoms with Crippen LogP contribution >= 0.6 is 11.3 Å². The van der Waals surface area contributed by atoms with Crippen LogP contribution in [-0.4, -0.2) is 37.5 Å². The molecule has 138 valence electrons. The number of carbonyl (C=O) groups excluding carboxylic acids is 3. The van der Waals surface area contributed by atoms with Gasteiger partial charge in [-0.05, 0) is 43.2 Å². The molecule has 2 N–H and O–H groups in total. The summed E-state index contributed by atoms with van der Waals surface area (Å²) in [7, 11) is 0. The van der Waals surface area contributed by atoms with E-state index in [0.717, 1.165) is 10.4 Å². The van der Waals surface area contributed by atoms with E-state index in [9.17, 15) is 18.8 Å². The van der Waals surface area contributed by atoms with Crippen LogP contribution < -0.4 is 10.6 Å². The largest absolute Gasteiger partial charge is 0.454 e. The van der Waals surface area contributed by atoms with E-state index in [1.54, 1.807) is 18.2 Å². The van der Waals surface area contributed by atoms with E-state index in [0.29, 0.717) is 17.8 Å². The van der Waals surface area contributed by atoms with Crippen molar-refractivity contribution in [2.45, 2.75) is 13.3 Å². The second-order valence-corrected chi connectivity index (χ2v) is 6.77. The monoisotopic (exact) mass is 378 g/mol. The van der Waals surface area contributed by atoms with Gasteiger partial charge in [0.15, 0.2) is 6.61 Å². The number of aryl methyl sites for hydroxylation is 1. The molecule has 8 heteroatoms. The molecule has 2 amide bonds. The first kappa shape index (κ1) is 19.6. The Morgan fingerprint density at radius 3 is 2.46 bits per heavy atom. The number of nitrogens with one attached hydrogen (secondary N) is 2. The maximum absolute atomic E-state index is 12.8. The predicted molar refractivity (Wildman–Crippen MR) is 95.5 cm³/mol. The molecule has 1 aromatic heterocycles. The summed E-state index contributed by atoms with van der Waals surface area (Å²) in [5.41, 5.74) is 0.884. The fourth-order valence-electron chi connectivity index (χ4n) is 2.04. The molecule has 0 unspecified atom stereocenters. The van der Waals surface area contributed by atoms with Crippen molar-refractivity contribution in [1.82, 2.24) is 10.6 Å². The lowest BCUT2D eigenvalue weighted by Gasteiger charge is -2.07. The van der Waals surface area contributed by atoms with Crippen LogP contribution in [0.3, 0.4) is 0 Å². The molecule has 0 aliphatic heterocycles. The smallest absolute Gasteiger partial charge is 0.325 e. The third-order valence-corrected chi connectivity index (χ3v) is 4.37. The van der Waals surface area contributed by atoms with Gasteiger partial charge in [0.2, 0.25) is 0 Å².